The molecule has 0 aliphatic carbocycles. The summed E-state index contributed by atoms with van der Waals surface area (Å²) in [5.74, 6) is 0.509. The first-order valence-corrected chi connectivity index (χ1v) is 7.31. The normalized spacial score (nSPS) is 10.3. The van der Waals surface area contributed by atoms with Gasteiger partial charge in [0.2, 0.25) is 0 Å². The van der Waals surface area contributed by atoms with Gasteiger partial charge < -0.3 is 14.8 Å². The number of nitrogens with one attached hydrogen (secondary N) is 1. The smallest absolute Gasteiger partial charge is 0.251 e. The Balaban J connectivity index is 1.71. The van der Waals surface area contributed by atoms with Gasteiger partial charge in [-0.25, -0.2) is 0 Å². The molecule has 2 aromatic carbocycles. The van der Waals surface area contributed by atoms with Crippen LogP contribution in [-0.2, 0) is 11.3 Å². The molecule has 2 aromatic rings. The highest BCUT2D eigenvalue weighted by atomic mass is 35.5. The number of rotatable bonds is 7. The zero-order valence-electron chi connectivity index (χ0n) is 12.3. The number of carbonyl (C=O) groups is 1. The van der Waals surface area contributed by atoms with E-state index in [1.807, 2.05) is 24.3 Å². The van der Waals surface area contributed by atoms with Crippen molar-refractivity contribution < 1.29 is 14.3 Å². The Morgan fingerprint density at radius 1 is 1.18 bits per heavy atom. The van der Waals surface area contributed by atoms with Crippen molar-refractivity contribution in [2.24, 2.45) is 0 Å². The molecule has 0 spiro atoms. The molecule has 1 amide bonds. The van der Waals surface area contributed by atoms with Gasteiger partial charge in [-0.1, -0.05) is 29.8 Å². The van der Waals surface area contributed by atoms with Gasteiger partial charge in [0.05, 0.1) is 20.3 Å². The van der Waals surface area contributed by atoms with Crippen molar-refractivity contribution in [3.63, 3.8) is 0 Å². The number of carbonyl (C=O) groups excluding carboxylic acids is 1. The fourth-order valence-electron chi connectivity index (χ4n) is 1.92. The number of hydrogen-bond acceptors (Lipinski definition) is 3. The Morgan fingerprint density at radius 2 is 2.00 bits per heavy atom. The molecular formula is C17H18ClNO3. The Hall–Kier alpha value is -2.04. The van der Waals surface area contributed by atoms with Crippen LogP contribution in [0.15, 0.2) is 48.5 Å². The van der Waals surface area contributed by atoms with Crippen LogP contribution < -0.4 is 10.1 Å². The minimum absolute atomic E-state index is 0.148. The summed E-state index contributed by atoms with van der Waals surface area (Å²) in [6, 6.07) is 14.5. The minimum atomic E-state index is -0.148. The molecule has 0 aromatic heterocycles. The molecule has 0 saturated heterocycles. The third-order valence-electron chi connectivity index (χ3n) is 3.02. The summed E-state index contributed by atoms with van der Waals surface area (Å²) in [4.78, 5) is 12.0. The van der Waals surface area contributed by atoms with Crippen LogP contribution in [0.1, 0.15) is 15.9 Å². The van der Waals surface area contributed by atoms with Crippen LogP contribution >= 0.6 is 11.6 Å². The molecule has 0 heterocycles. The lowest BCUT2D eigenvalue weighted by atomic mass is 10.2. The van der Waals surface area contributed by atoms with Gasteiger partial charge in [-0.05, 0) is 35.9 Å². The van der Waals surface area contributed by atoms with E-state index in [0.717, 1.165) is 5.56 Å². The van der Waals surface area contributed by atoms with E-state index in [9.17, 15) is 4.79 Å². The van der Waals surface area contributed by atoms with Crippen LogP contribution in [0.25, 0.3) is 0 Å². The van der Waals surface area contributed by atoms with E-state index >= 15 is 0 Å². The Bertz CT molecular complexity index is 631. The zero-order chi connectivity index (χ0) is 15.8. The third-order valence-corrected chi connectivity index (χ3v) is 3.26. The Kier molecular flexibility index (Phi) is 6.25. The zero-order valence-corrected chi connectivity index (χ0v) is 13.1. The largest absolute Gasteiger partial charge is 0.497 e. The van der Waals surface area contributed by atoms with Crippen LogP contribution in [0.5, 0.6) is 5.75 Å². The van der Waals surface area contributed by atoms with Crippen molar-refractivity contribution in [2.75, 3.05) is 20.3 Å². The van der Waals surface area contributed by atoms with Crippen LogP contribution in [0.3, 0.4) is 0 Å². The van der Waals surface area contributed by atoms with E-state index in [0.29, 0.717) is 36.1 Å². The molecule has 4 nitrogen and oxygen atoms in total. The first-order chi connectivity index (χ1) is 10.7. The average Bonchev–Trinajstić information content (AvgIpc) is 2.54. The highest BCUT2D eigenvalue weighted by molar-refractivity contribution is 6.30. The van der Waals surface area contributed by atoms with E-state index in [1.54, 1.807) is 31.4 Å². The van der Waals surface area contributed by atoms with Crippen LogP contribution in [0.2, 0.25) is 5.02 Å². The molecule has 0 atom stereocenters. The predicted octanol–water partition coefficient (Wildman–Crippen LogP) is 3.30. The molecule has 0 aliphatic rings. The first-order valence-electron chi connectivity index (χ1n) is 6.93. The monoisotopic (exact) mass is 319 g/mol. The van der Waals surface area contributed by atoms with Crippen molar-refractivity contribution in [1.29, 1.82) is 0 Å². The van der Waals surface area contributed by atoms with Gasteiger partial charge in [-0.3, -0.25) is 4.79 Å². The van der Waals surface area contributed by atoms with Crippen molar-refractivity contribution in [2.45, 2.75) is 6.61 Å². The number of amides is 1. The number of hydrogen-bond donors (Lipinski definition) is 1. The van der Waals surface area contributed by atoms with Gasteiger partial charge >= 0.3 is 0 Å². The van der Waals surface area contributed by atoms with E-state index in [1.165, 1.54) is 0 Å². The fourth-order valence-corrected chi connectivity index (χ4v) is 2.13. The van der Waals surface area contributed by atoms with Gasteiger partial charge in [0, 0.05) is 17.1 Å². The molecule has 116 valence electrons. The van der Waals surface area contributed by atoms with E-state index in [4.69, 9.17) is 21.1 Å². The molecular weight excluding hydrogens is 302 g/mol. The lowest BCUT2D eigenvalue weighted by molar-refractivity contribution is 0.0900. The van der Waals surface area contributed by atoms with E-state index in [2.05, 4.69) is 5.32 Å². The molecule has 0 radical (unpaired) electrons. The van der Waals surface area contributed by atoms with Crippen LogP contribution in [-0.4, -0.2) is 26.2 Å². The van der Waals surface area contributed by atoms with Gasteiger partial charge in [-0.2, -0.15) is 0 Å². The van der Waals surface area contributed by atoms with Crippen molar-refractivity contribution >= 4 is 17.5 Å². The van der Waals surface area contributed by atoms with E-state index in [-0.39, 0.29) is 5.91 Å². The second-order valence-electron chi connectivity index (χ2n) is 4.67. The van der Waals surface area contributed by atoms with Crippen molar-refractivity contribution in [3.8, 4) is 5.75 Å². The maximum Gasteiger partial charge on any atom is 0.251 e. The standard InChI is InChI=1S/C17H18ClNO3/c1-21-16-7-3-5-14(11-16)17(20)19-8-9-22-12-13-4-2-6-15(18)10-13/h2-7,10-11H,8-9,12H2,1H3,(H,19,20). The molecule has 22 heavy (non-hydrogen) atoms. The number of halogens is 1. The fraction of sp³-hybridized carbons (Fsp3) is 0.235. The first kappa shape index (κ1) is 16.3. The summed E-state index contributed by atoms with van der Waals surface area (Å²) >= 11 is 5.90. The minimum Gasteiger partial charge on any atom is -0.497 e. The number of benzene rings is 2. The maximum atomic E-state index is 12.0. The highest BCUT2D eigenvalue weighted by Gasteiger charge is 2.05. The second kappa shape index (κ2) is 8.41. The van der Waals surface area contributed by atoms with Crippen molar-refractivity contribution in [1.82, 2.24) is 5.32 Å². The van der Waals surface area contributed by atoms with E-state index < -0.39 is 0 Å². The van der Waals surface area contributed by atoms with Crippen LogP contribution in [0, 0.1) is 0 Å². The summed E-state index contributed by atoms with van der Waals surface area (Å²) in [7, 11) is 1.57. The summed E-state index contributed by atoms with van der Waals surface area (Å²) in [6.45, 7) is 1.34. The van der Waals surface area contributed by atoms with Crippen LogP contribution in [0.4, 0.5) is 0 Å². The molecule has 0 fully saturated rings. The summed E-state index contributed by atoms with van der Waals surface area (Å²) in [5.41, 5.74) is 1.57. The molecule has 5 heteroatoms. The summed E-state index contributed by atoms with van der Waals surface area (Å²) < 4.78 is 10.6. The quantitative estimate of drug-likeness (QED) is 0.797. The third kappa shape index (κ3) is 5.06. The molecule has 1 N–H and O–H groups in total. The maximum absolute atomic E-state index is 12.0. The Morgan fingerprint density at radius 3 is 2.77 bits per heavy atom. The number of ether oxygens (including phenoxy) is 2. The lowest BCUT2D eigenvalue weighted by Gasteiger charge is -2.08. The molecule has 0 saturated carbocycles. The van der Waals surface area contributed by atoms with Gasteiger partial charge in [0.15, 0.2) is 0 Å². The lowest BCUT2D eigenvalue weighted by Crippen LogP contribution is -2.27. The highest BCUT2D eigenvalue weighted by Crippen LogP contribution is 2.12. The topological polar surface area (TPSA) is 47.6 Å². The Labute approximate surface area is 135 Å². The van der Waals surface area contributed by atoms with Gasteiger partial charge in [-0.15, -0.1) is 0 Å². The van der Waals surface area contributed by atoms with Gasteiger partial charge in [0.25, 0.3) is 5.91 Å². The van der Waals surface area contributed by atoms with Crippen molar-refractivity contribution in [3.05, 3.63) is 64.7 Å². The SMILES string of the molecule is COc1cccc(C(=O)NCCOCc2cccc(Cl)c2)c1. The second-order valence-corrected chi connectivity index (χ2v) is 5.11. The number of methoxy groups -OCH3 is 1. The average molecular weight is 320 g/mol. The molecule has 0 unspecified atom stereocenters. The molecule has 0 aliphatic heterocycles. The summed E-state index contributed by atoms with van der Waals surface area (Å²) in [5, 5.41) is 3.49. The predicted molar refractivity (Wildman–Crippen MR) is 86.4 cm³/mol. The van der Waals surface area contributed by atoms with Gasteiger partial charge in [0.1, 0.15) is 5.75 Å². The molecule has 2 rings (SSSR count). The summed E-state index contributed by atoms with van der Waals surface area (Å²) in [6.07, 6.45) is 0. The molecule has 0 bridgehead atoms.